The van der Waals surface area contributed by atoms with E-state index in [2.05, 4.69) is 5.10 Å². The Kier molecular flexibility index (Phi) is 2.48. The van der Waals surface area contributed by atoms with E-state index in [4.69, 9.17) is 5.11 Å². The highest BCUT2D eigenvalue weighted by atomic mass is 16.3. The first kappa shape index (κ1) is 10.2. The number of amides is 1. The van der Waals surface area contributed by atoms with E-state index in [1.165, 1.54) is 0 Å². The summed E-state index contributed by atoms with van der Waals surface area (Å²) >= 11 is 0. The van der Waals surface area contributed by atoms with Crippen LogP contribution in [0.4, 0.5) is 0 Å². The van der Waals surface area contributed by atoms with E-state index in [9.17, 15) is 4.79 Å². The van der Waals surface area contributed by atoms with Crippen molar-refractivity contribution in [2.45, 2.75) is 6.92 Å². The Labute approximate surface area is 88.3 Å². The van der Waals surface area contributed by atoms with Gasteiger partial charge in [0, 0.05) is 38.9 Å². The number of hydrogen-bond donors (Lipinski definition) is 1. The van der Waals surface area contributed by atoms with Crippen molar-refractivity contribution in [2.24, 2.45) is 13.0 Å². The number of hydrogen-bond acceptors (Lipinski definition) is 3. The Balaban J connectivity index is 2.06. The van der Waals surface area contributed by atoms with Crippen molar-refractivity contribution in [3.63, 3.8) is 0 Å². The van der Waals surface area contributed by atoms with E-state index in [1.54, 1.807) is 22.8 Å². The molecular weight excluding hydrogens is 194 g/mol. The molecule has 0 atom stereocenters. The molecule has 15 heavy (non-hydrogen) atoms. The second-order valence-electron chi connectivity index (χ2n) is 4.06. The second-order valence-corrected chi connectivity index (χ2v) is 4.06. The maximum Gasteiger partial charge on any atom is 0.257 e. The molecule has 0 aromatic carbocycles. The minimum Gasteiger partial charge on any atom is -0.396 e. The van der Waals surface area contributed by atoms with Gasteiger partial charge in [-0.05, 0) is 6.92 Å². The summed E-state index contributed by atoms with van der Waals surface area (Å²) in [6.07, 6.45) is 1.74. The number of aryl methyl sites for hydroxylation is 2. The minimum atomic E-state index is 0.0188. The van der Waals surface area contributed by atoms with Crippen molar-refractivity contribution < 1.29 is 9.90 Å². The first-order valence-corrected chi connectivity index (χ1v) is 5.02. The van der Waals surface area contributed by atoms with Crippen LogP contribution in [0.15, 0.2) is 6.20 Å². The van der Waals surface area contributed by atoms with Gasteiger partial charge in [-0.3, -0.25) is 9.48 Å². The van der Waals surface area contributed by atoms with Crippen molar-refractivity contribution >= 4 is 5.91 Å². The average molecular weight is 209 g/mol. The average Bonchev–Trinajstić information content (AvgIpc) is 2.43. The van der Waals surface area contributed by atoms with E-state index in [1.807, 2.05) is 6.92 Å². The molecule has 0 aliphatic carbocycles. The van der Waals surface area contributed by atoms with Crippen LogP contribution in [-0.4, -0.2) is 45.4 Å². The number of carbonyl (C=O) groups is 1. The summed E-state index contributed by atoms with van der Waals surface area (Å²) in [5.41, 5.74) is 1.42. The topological polar surface area (TPSA) is 58.4 Å². The Morgan fingerprint density at radius 2 is 2.33 bits per heavy atom. The smallest absolute Gasteiger partial charge is 0.257 e. The van der Waals surface area contributed by atoms with Gasteiger partial charge in [0.25, 0.3) is 5.91 Å². The molecule has 1 saturated heterocycles. The second kappa shape index (κ2) is 3.66. The lowest BCUT2D eigenvalue weighted by Gasteiger charge is -2.38. The molecule has 1 N–H and O–H groups in total. The fourth-order valence-corrected chi connectivity index (χ4v) is 1.83. The Bertz CT molecular complexity index is 380. The molecule has 1 aliphatic rings. The van der Waals surface area contributed by atoms with Crippen LogP contribution in [0.25, 0.3) is 0 Å². The zero-order valence-corrected chi connectivity index (χ0v) is 8.97. The van der Waals surface area contributed by atoms with Crippen LogP contribution in [0.5, 0.6) is 0 Å². The van der Waals surface area contributed by atoms with Gasteiger partial charge >= 0.3 is 0 Å². The first-order chi connectivity index (χ1) is 7.11. The minimum absolute atomic E-state index is 0.0188. The molecule has 0 saturated carbocycles. The lowest BCUT2D eigenvalue weighted by atomic mass is 10.0. The summed E-state index contributed by atoms with van der Waals surface area (Å²) in [4.78, 5) is 13.7. The lowest BCUT2D eigenvalue weighted by molar-refractivity contribution is 0.0361. The van der Waals surface area contributed by atoms with Crippen molar-refractivity contribution in [3.8, 4) is 0 Å². The zero-order valence-electron chi connectivity index (χ0n) is 8.97. The summed E-state index contributed by atoms with van der Waals surface area (Å²) in [6.45, 7) is 3.31. The number of rotatable bonds is 2. The van der Waals surface area contributed by atoms with Crippen molar-refractivity contribution in [1.82, 2.24) is 14.7 Å². The van der Waals surface area contributed by atoms with Gasteiger partial charge in [-0.2, -0.15) is 5.10 Å². The number of likely N-dealkylation sites (tertiary alicyclic amines) is 1. The van der Waals surface area contributed by atoms with Crippen molar-refractivity contribution in [3.05, 3.63) is 17.5 Å². The fourth-order valence-electron chi connectivity index (χ4n) is 1.83. The molecule has 0 bridgehead atoms. The van der Waals surface area contributed by atoms with Crippen LogP contribution in [0.3, 0.4) is 0 Å². The van der Waals surface area contributed by atoms with Crippen LogP contribution in [0.2, 0.25) is 0 Å². The Morgan fingerprint density at radius 1 is 1.67 bits per heavy atom. The summed E-state index contributed by atoms with van der Waals surface area (Å²) < 4.78 is 1.64. The van der Waals surface area contributed by atoms with E-state index in [0.717, 1.165) is 5.69 Å². The molecule has 1 amide bonds. The van der Waals surface area contributed by atoms with Gasteiger partial charge in [0.15, 0.2) is 0 Å². The van der Waals surface area contributed by atoms with Crippen LogP contribution in [0, 0.1) is 12.8 Å². The number of aliphatic hydroxyl groups excluding tert-OH is 1. The standard InChI is InChI=1S/C10H15N3O2/c1-7-9(5-12(2)11-7)10(15)13-3-8(4-13)6-14/h5,8,14H,3-4,6H2,1-2H3. The molecule has 1 aromatic heterocycles. The number of aliphatic hydroxyl groups is 1. The van der Waals surface area contributed by atoms with Gasteiger partial charge in [-0.25, -0.2) is 0 Å². The molecule has 2 rings (SSSR count). The maximum atomic E-state index is 11.9. The number of carbonyl (C=O) groups excluding carboxylic acids is 1. The number of aromatic nitrogens is 2. The molecule has 1 aliphatic heterocycles. The third kappa shape index (κ3) is 1.74. The van der Waals surface area contributed by atoms with Gasteiger partial charge in [-0.15, -0.1) is 0 Å². The predicted molar refractivity (Wildman–Crippen MR) is 54.4 cm³/mol. The van der Waals surface area contributed by atoms with E-state index in [-0.39, 0.29) is 18.4 Å². The highest BCUT2D eigenvalue weighted by Crippen LogP contribution is 2.19. The fraction of sp³-hybridized carbons (Fsp3) is 0.600. The molecule has 0 spiro atoms. The van der Waals surface area contributed by atoms with Gasteiger partial charge in [0.05, 0.1) is 11.3 Å². The van der Waals surface area contributed by atoms with E-state index in [0.29, 0.717) is 18.7 Å². The van der Waals surface area contributed by atoms with Crippen LogP contribution >= 0.6 is 0 Å². The third-order valence-electron chi connectivity index (χ3n) is 2.75. The summed E-state index contributed by atoms with van der Waals surface area (Å²) in [7, 11) is 1.80. The lowest BCUT2D eigenvalue weighted by Crippen LogP contribution is -2.51. The van der Waals surface area contributed by atoms with Gasteiger partial charge in [-0.1, -0.05) is 0 Å². The van der Waals surface area contributed by atoms with E-state index >= 15 is 0 Å². The molecule has 0 unspecified atom stereocenters. The summed E-state index contributed by atoms with van der Waals surface area (Å²) in [6, 6.07) is 0. The maximum absolute atomic E-state index is 11.9. The summed E-state index contributed by atoms with van der Waals surface area (Å²) in [5.74, 6) is 0.274. The summed E-state index contributed by atoms with van der Waals surface area (Å²) in [5, 5.41) is 13.0. The Hall–Kier alpha value is -1.36. The van der Waals surface area contributed by atoms with Gasteiger partial charge in [0.1, 0.15) is 0 Å². The molecule has 5 heteroatoms. The largest absolute Gasteiger partial charge is 0.396 e. The molecule has 5 nitrogen and oxygen atoms in total. The quantitative estimate of drug-likeness (QED) is 0.733. The molecule has 82 valence electrons. The predicted octanol–water partition coefficient (Wildman–Crippen LogP) is -0.207. The highest BCUT2D eigenvalue weighted by molar-refractivity contribution is 5.95. The van der Waals surface area contributed by atoms with Crippen LogP contribution < -0.4 is 0 Å². The molecule has 1 fully saturated rings. The third-order valence-corrected chi connectivity index (χ3v) is 2.75. The van der Waals surface area contributed by atoms with Gasteiger partial charge < -0.3 is 10.0 Å². The van der Waals surface area contributed by atoms with Crippen molar-refractivity contribution in [1.29, 1.82) is 0 Å². The highest BCUT2D eigenvalue weighted by Gasteiger charge is 2.31. The van der Waals surface area contributed by atoms with E-state index < -0.39 is 0 Å². The zero-order chi connectivity index (χ0) is 11.0. The SMILES string of the molecule is Cc1nn(C)cc1C(=O)N1CC(CO)C1. The molecule has 1 aromatic rings. The molecule has 0 radical (unpaired) electrons. The monoisotopic (exact) mass is 209 g/mol. The first-order valence-electron chi connectivity index (χ1n) is 5.02. The number of nitrogens with zero attached hydrogens (tertiary/aromatic N) is 3. The van der Waals surface area contributed by atoms with Gasteiger partial charge in [0.2, 0.25) is 0 Å². The van der Waals surface area contributed by atoms with Crippen LogP contribution in [0.1, 0.15) is 16.1 Å². The molecule has 2 heterocycles. The molecular formula is C10H15N3O2. The van der Waals surface area contributed by atoms with Crippen molar-refractivity contribution in [2.75, 3.05) is 19.7 Å². The van der Waals surface area contributed by atoms with Crippen LogP contribution in [-0.2, 0) is 7.05 Å². The Morgan fingerprint density at radius 3 is 2.80 bits per heavy atom. The normalized spacial score (nSPS) is 16.6.